The first-order valence-corrected chi connectivity index (χ1v) is 23.2. The van der Waals surface area contributed by atoms with Gasteiger partial charge in [0.15, 0.2) is 17.5 Å². The number of amides is 1. The van der Waals surface area contributed by atoms with Crippen LogP contribution in [0.5, 0.6) is 17.2 Å². The predicted molar refractivity (Wildman–Crippen MR) is 243 cm³/mol. The number of ether oxygens (including phenoxy) is 10. The van der Waals surface area contributed by atoms with E-state index in [1.807, 2.05) is 6.07 Å². The van der Waals surface area contributed by atoms with Crippen LogP contribution < -0.4 is 14.8 Å². The molecule has 5 rings (SSSR count). The molecule has 1 fully saturated rings. The number of halogens is 4. The minimum Gasteiger partial charge on any atom is -0.477 e. The number of carbonyl (C=O) groups is 3. The number of aromatic nitrogens is 3. The van der Waals surface area contributed by atoms with Crippen LogP contribution >= 0.6 is 0 Å². The summed E-state index contributed by atoms with van der Waals surface area (Å²) in [5.74, 6) is -13.9. The van der Waals surface area contributed by atoms with Gasteiger partial charge in [-0.2, -0.15) is 4.39 Å². The zero-order chi connectivity index (χ0) is 52.8. The van der Waals surface area contributed by atoms with Gasteiger partial charge in [-0.1, -0.05) is 36.4 Å². The molecule has 21 nitrogen and oxygen atoms in total. The monoisotopic (exact) mass is 1040 g/mol. The van der Waals surface area contributed by atoms with Gasteiger partial charge in [-0.25, -0.2) is 22.6 Å². The number of aliphatic hydroxyl groups is 3. The Bertz CT molecular complexity index is 2320. The van der Waals surface area contributed by atoms with Crippen LogP contribution in [0, 0.1) is 36.1 Å². The van der Waals surface area contributed by atoms with Crippen LogP contribution in [-0.2, 0) is 60.6 Å². The average molecular weight is 1040 g/mol. The lowest BCUT2D eigenvalue weighted by atomic mass is 9.84. The van der Waals surface area contributed by atoms with Crippen molar-refractivity contribution in [3.8, 4) is 17.2 Å². The molecule has 402 valence electrons. The molecular weight excluding hydrogens is 981 g/mol. The lowest BCUT2D eigenvalue weighted by Gasteiger charge is -2.45. The molecule has 0 aliphatic carbocycles. The molecule has 73 heavy (non-hydrogen) atoms. The van der Waals surface area contributed by atoms with Crippen molar-refractivity contribution < 1.29 is 99.7 Å². The molecule has 0 bridgehead atoms. The number of benzene rings is 3. The zero-order valence-corrected chi connectivity index (χ0v) is 40.1. The summed E-state index contributed by atoms with van der Waals surface area (Å²) < 4.78 is 111. The molecule has 5 N–H and O–H groups in total. The molecule has 1 saturated heterocycles. The Labute approximate surface area is 417 Å². The van der Waals surface area contributed by atoms with E-state index in [9.17, 15) is 52.4 Å². The smallest absolute Gasteiger partial charge is 0.364 e. The topological polar surface area (TPSA) is 267 Å². The minimum atomic E-state index is -2.37. The van der Waals surface area contributed by atoms with Gasteiger partial charge in [0.1, 0.15) is 23.3 Å². The van der Waals surface area contributed by atoms with Crippen molar-refractivity contribution in [2.24, 2.45) is 5.92 Å². The fraction of sp³-hybridized carbons (Fsp3) is 0.521. The lowest BCUT2D eigenvalue weighted by molar-refractivity contribution is -0.318. The van der Waals surface area contributed by atoms with E-state index in [-0.39, 0.29) is 71.6 Å². The van der Waals surface area contributed by atoms with Gasteiger partial charge in [0.05, 0.1) is 123 Å². The number of esters is 1. The molecule has 4 aromatic rings. The third-order valence-electron chi connectivity index (χ3n) is 11.0. The van der Waals surface area contributed by atoms with Crippen LogP contribution in [-0.4, -0.2) is 169 Å². The SMILES string of the molecule is Cc1c(F)c(F)c(F)c(OC(=O)CCOCCOCCOCCOCCn2cc(COCCOCCO[C@]3(C(=O)O)C[C@H](O)[C@@H](C)[C@H]([C@H](O)[C@H](O)CNC(=O)c4cccc(Oc5ccccc5)c4)O3)nn2)c1F. The highest BCUT2D eigenvalue weighted by atomic mass is 19.2. The molecule has 1 amide bonds. The van der Waals surface area contributed by atoms with Crippen molar-refractivity contribution in [1.29, 1.82) is 0 Å². The predicted octanol–water partition coefficient (Wildman–Crippen LogP) is 3.27. The number of carboxylic acids is 1. The first kappa shape index (κ1) is 58.2. The Balaban J connectivity index is 0.863. The Kier molecular flexibility index (Phi) is 23.8. The van der Waals surface area contributed by atoms with Gasteiger partial charge in [-0.05, 0) is 37.3 Å². The Morgan fingerprint density at radius 3 is 2.08 bits per heavy atom. The van der Waals surface area contributed by atoms with E-state index in [2.05, 4.69) is 20.4 Å². The molecule has 1 aliphatic rings. The molecule has 3 aromatic carbocycles. The van der Waals surface area contributed by atoms with Gasteiger partial charge in [0.25, 0.3) is 11.7 Å². The summed E-state index contributed by atoms with van der Waals surface area (Å²) in [5.41, 5.74) is -0.0403. The van der Waals surface area contributed by atoms with Crippen LogP contribution in [0.3, 0.4) is 0 Å². The molecule has 0 radical (unpaired) electrons. The van der Waals surface area contributed by atoms with Crippen molar-refractivity contribution in [2.75, 3.05) is 85.8 Å². The third kappa shape index (κ3) is 18.0. The Morgan fingerprint density at radius 1 is 0.795 bits per heavy atom. The summed E-state index contributed by atoms with van der Waals surface area (Å²) in [6.07, 6.45) is -5.23. The number of nitrogens with zero attached hydrogens (tertiary/aromatic N) is 3. The molecule has 0 saturated carbocycles. The van der Waals surface area contributed by atoms with Crippen LogP contribution in [0.4, 0.5) is 17.6 Å². The average Bonchev–Trinajstić information content (AvgIpc) is 3.84. The fourth-order valence-electron chi connectivity index (χ4n) is 6.92. The molecule has 0 spiro atoms. The lowest BCUT2D eigenvalue weighted by Crippen LogP contribution is -2.61. The second-order valence-electron chi connectivity index (χ2n) is 16.4. The van der Waals surface area contributed by atoms with E-state index < -0.39 is 108 Å². The number of hydrogen-bond donors (Lipinski definition) is 5. The van der Waals surface area contributed by atoms with Crippen LogP contribution in [0.2, 0.25) is 0 Å². The number of nitrogens with one attached hydrogen (secondary N) is 1. The van der Waals surface area contributed by atoms with Crippen molar-refractivity contribution >= 4 is 17.8 Å². The Hall–Kier alpha value is -5.71. The summed E-state index contributed by atoms with van der Waals surface area (Å²) >= 11 is 0. The van der Waals surface area contributed by atoms with Gasteiger partial charge in [0.2, 0.25) is 11.6 Å². The molecule has 6 atom stereocenters. The first-order chi connectivity index (χ1) is 35.1. The zero-order valence-electron chi connectivity index (χ0n) is 40.1. The summed E-state index contributed by atoms with van der Waals surface area (Å²) in [7, 11) is 0. The van der Waals surface area contributed by atoms with Gasteiger partial charge < -0.3 is 73.1 Å². The van der Waals surface area contributed by atoms with Crippen molar-refractivity contribution in [3.63, 3.8) is 0 Å². The van der Waals surface area contributed by atoms with Gasteiger partial charge in [0, 0.05) is 30.0 Å². The van der Waals surface area contributed by atoms with Crippen molar-refractivity contribution in [3.05, 3.63) is 101 Å². The van der Waals surface area contributed by atoms with E-state index in [0.29, 0.717) is 43.6 Å². The second-order valence-corrected chi connectivity index (χ2v) is 16.4. The molecule has 0 unspecified atom stereocenters. The fourth-order valence-corrected chi connectivity index (χ4v) is 6.92. The van der Waals surface area contributed by atoms with E-state index >= 15 is 0 Å². The number of carboxylic acid groups (broad SMARTS) is 1. The highest BCUT2D eigenvalue weighted by Crippen LogP contribution is 2.36. The summed E-state index contributed by atoms with van der Waals surface area (Å²) in [6, 6.07) is 15.3. The minimum absolute atomic E-state index is 0.0762. The summed E-state index contributed by atoms with van der Waals surface area (Å²) in [6.45, 7) is 3.96. The van der Waals surface area contributed by atoms with Gasteiger partial charge in [-0.15, -0.1) is 5.10 Å². The number of aliphatic hydroxyl groups excluding tert-OH is 3. The maximum Gasteiger partial charge on any atom is 0.364 e. The maximum absolute atomic E-state index is 14.0. The van der Waals surface area contributed by atoms with Crippen molar-refractivity contribution in [2.45, 2.75) is 70.0 Å². The maximum atomic E-state index is 14.0. The van der Waals surface area contributed by atoms with Crippen LogP contribution in [0.15, 0.2) is 60.8 Å². The number of carbonyl (C=O) groups excluding carboxylic acids is 2. The number of rotatable bonds is 33. The molecule has 2 heterocycles. The standard InChI is InChI=1S/C48H60F4N4O17/c1-30-36(57)26-48(47(62)63,73-44(30)43(60)37(58)27-53-46(61)32-7-6-10-35(25-32)71-34-8-4-3-5-9-34)70-24-23-68-21-22-69-29-33-28-56(55-54-33)12-14-65-16-18-67-20-19-66-17-15-64-13-11-38(59)72-45-40(50)31(2)39(49)41(51)42(45)52/h3-10,25,28,30,36-37,43-44,57-58,60H,11-24,26-27,29H2,1-2H3,(H,53,61)(H,62,63)/t30-,36+,37-,43-,44-,48-/m1/s1. The van der Waals surface area contributed by atoms with E-state index in [1.165, 1.54) is 13.0 Å². The quantitative estimate of drug-likeness (QED) is 0.0114. The van der Waals surface area contributed by atoms with Crippen LogP contribution in [0.25, 0.3) is 0 Å². The van der Waals surface area contributed by atoms with Gasteiger partial charge >= 0.3 is 11.9 Å². The first-order valence-electron chi connectivity index (χ1n) is 23.2. The largest absolute Gasteiger partial charge is 0.477 e. The molecule has 1 aromatic heterocycles. The summed E-state index contributed by atoms with van der Waals surface area (Å²) in [5, 5.41) is 53.5. The number of para-hydroxylation sites is 1. The van der Waals surface area contributed by atoms with Gasteiger partial charge in [-0.3, -0.25) is 9.59 Å². The number of hydrogen-bond acceptors (Lipinski definition) is 18. The molecule has 1 aliphatic heterocycles. The van der Waals surface area contributed by atoms with Crippen LogP contribution in [0.1, 0.15) is 41.4 Å². The number of aliphatic carboxylic acids is 1. The highest BCUT2D eigenvalue weighted by molar-refractivity contribution is 5.94. The molecule has 25 heteroatoms. The second kappa shape index (κ2) is 29.9. The molecular formula is C48H60F4N4O17. The highest BCUT2D eigenvalue weighted by Gasteiger charge is 2.54. The normalized spacial score (nSPS) is 18.6. The van der Waals surface area contributed by atoms with Crippen molar-refractivity contribution in [1.82, 2.24) is 20.3 Å². The summed E-state index contributed by atoms with van der Waals surface area (Å²) in [4.78, 5) is 37.2. The Morgan fingerprint density at radius 2 is 1.41 bits per heavy atom. The van der Waals surface area contributed by atoms with E-state index in [0.717, 1.165) is 6.92 Å². The van der Waals surface area contributed by atoms with E-state index in [4.69, 9.17) is 42.6 Å². The van der Waals surface area contributed by atoms with E-state index in [1.54, 1.807) is 53.3 Å². The third-order valence-corrected chi connectivity index (χ3v) is 11.0.